The molecule has 1 saturated carbocycles. The summed E-state index contributed by atoms with van der Waals surface area (Å²) < 4.78 is 0. The zero-order valence-electron chi connectivity index (χ0n) is 9.34. The van der Waals surface area contributed by atoms with Gasteiger partial charge in [-0.25, -0.2) is 0 Å². The highest BCUT2D eigenvalue weighted by Gasteiger charge is 2.19. The first-order valence-electron chi connectivity index (χ1n) is 5.71. The van der Waals surface area contributed by atoms with E-state index in [4.69, 9.17) is 0 Å². The van der Waals surface area contributed by atoms with Crippen LogP contribution in [0.3, 0.4) is 0 Å². The van der Waals surface area contributed by atoms with Crippen LogP contribution in [0, 0.1) is 0 Å². The fraction of sp³-hybridized carbons (Fsp3) is 1.00. The predicted molar refractivity (Wildman–Crippen MR) is 58.0 cm³/mol. The first-order chi connectivity index (χ1) is 6.24. The third-order valence-corrected chi connectivity index (χ3v) is 2.77. The maximum atomic E-state index is 3.55. The van der Waals surface area contributed by atoms with E-state index in [1.54, 1.807) is 0 Å². The normalized spacial score (nSPS) is 17.3. The highest BCUT2D eigenvalue weighted by Crippen LogP contribution is 2.18. The second-order valence-corrected chi connectivity index (χ2v) is 4.30. The minimum absolute atomic E-state index is 0.700. The summed E-state index contributed by atoms with van der Waals surface area (Å²) >= 11 is 0. The molecule has 0 saturated heterocycles. The van der Waals surface area contributed by atoms with Gasteiger partial charge < -0.3 is 10.2 Å². The molecule has 0 radical (unpaired) electrons. The molecule has 0 aromatic rings. The molecule has 1 N–H and O–H groups in total. The Morgan fingerprint density at radius 1 is 1.38 bits per heavy atom. The molecule has 0 aromatic heterocycles. The molecule has 2 heteroatoms. The standard InChI is InChI=1S/C11H24N2/c1-4-13(10(2)3)9-5-8-12-11-6-7-11/h10-12H,4-9H2,1-3H3. The van der Waals surface area contributed by atoms with E-state index in [-0.39, 0.29) is 0 Å². The molecule has 0 bridgehead atoms. The molecular weight excluding hydrogens is 160 g/mol. The van der Waals surface area contributed by atoms with Crippen molar-refractivity contribution in [2.75, 3.05) is 19.6 Å². The molecule has 0 unspecified atom stereocenters. The van der Waals surface area contributed by atoms with Crippen molar-refractivity contribution in [3.63, 3.8) is 0 Å². The SMILES string of the molecule is CCN(CCCNC1CC1)C(C)C. The van der Waals surface area contributed by atoms with Gasteiger partial charge in [0.1, 0.15) is 0 Å². The minimum Gasteiger partial charge on any atom is -0.314 e. The second kappa shape index (κ2) is 5.61. The van der Waals surface area contributed by atoms with Crippen molar-refractivity contribution in [3.05, 3.63) is 0 Å². The molecule has 0 aliphatic heterocycles. The third-order valence-electron chi connectivity index (χ3n) is 2.77. The number of rotatable bonds is 7. The van der Waals surface area contributed by atoms with Crippen LogP contribution in [0.2, 0.25) is 0 Å². The van der Waals surface area contributed by atoms with E-state index in [1.807, 2.05) is 0 Å². The molecule has 0 spiro atoms. The van der Waals surface area contributed by atoms with Gasteiger partial charge in [0.05, 0.1) is 0 Å². The highest BCUT2D eigenvalue weighted by molar-refractivity contribution is 4.80. The van der Waals surface area contributed by atoms with Gasteiger partial charge in [0.2, 0.25) is 0 Å². The molecule has 78 valence electrons. The summed E-state index contributed by atoms with van der Waals surface area (Å²) in [4.78, 5) is 2.52. The summed E-state index contributed by atoms with van der Waals surface area (Å²) in [5.74, 6) is 0. The second-order valence-electron chi connectivity index (χ2n) is 4.30. The van der Waals surface area contributed by atoms with Crippen molar-refractivity contribution in [2.45, 2.75) is 52.1 Å². The van der Waals surface area contributed by atoms with E-state index in [0.29, 0.717) is 6.04 Å². The Hall–Kier alpha value is -0.0800. The van der Waals surface area contributed by atoms with Crippen LogP contribution in [0.4, 0.5) is 0 Å². The van der Waals surface area contributed by atoms with Gasteiger partial charge in [-0.05, 0) is 52.7 Å². The lowest BCUT2D eigenvalue weighted by Crippen LogP contribution is -2.33. The Labute approximate surface area is 82.7 Å². The van der Waals surface area contributed by atoms with E-state index >= 15 is 0 Å². The fourth-order valence-electron chi connectivity index (χ4n) is 1.66. The molecule has 0 atom stereocenters. The lowest BCUT2D eigenvalue weighted by molar-refractivity contribution is 0.230. The topological polar surface area (TPSA) is 15.3 Å². The van der Waals surface area contributed by atoms with Crippen molar-refractivity contribution < 1.29 is 0 Å². The van der Waals surface area contributed by atoms with Crippen molar-refractivity contribution >= 4 is 0 Å². The average molecular weight is 184 g/mol. The Morgan fingerprint density at radius 2 is 2.08 bits per heavy atom. The van der Waals surface area contributed by atoms with Crippen molar-refractivity contribution in [2.24, 2.45) is 0 Å². The van der Waals surface area contributed by atoms with Crippen LogP contribution in [0.5, 0.6) is 0 Å². The summed E-state index contributed by atoms with van der Waals surface area (Å²) in [5.41, 5.74) is 0. The summed E-state index contributed by atoms with van der Waals surface area (Å²) in [5, 5.41) is 3.55. The number of nitrogens with one attached hydrogen (secondary N) is 1. The van der Waals surface area contributed by atoms with Crippen LogP contribution < -0.4 is 5.32 Å². The van der Waals surface area contributed by atoms with E-state index in [1.165, 1.54) is 38.9 Å². The molecule has 1 aliphatic carbocycles. The summed E-state index contributed by atoms with van der Waals surface area (Å²) in [6.45, 7) is 10.4. The van der Waals surface area contributed by atoms with Gasteiger partial charge >= 0.3 is 0 Å². The van der Waals surface area contributed by atoms with Gasteiger partial charge in [-0.15, -0.1) is 0 Å². The predicted octanol–water partition coefficient (Wildman–Crippen LogP) is 1.86. The molecule has 0 aromatic carbocycles. The van der Waals surface area contributed by atoms with E-state index in [0.717, 1.165) is 6.04 Å². The number of hydrogen-bond donors (Lipinski definition) is 1. The molecule has 2 nitrogen and oxygen atoms in total. The van der Waals surface area contributed by atoms with E-state index in [9.17, 15) is 0 Å². The fourth-order valence-corrected chi connectivity index (χ4v) is 1.66. The van der Waals surface area contributed by atoms with Crippen molar-refractivity contribution in [1.82, 2.24) is 10.2 Å². The van der Waals surface area contributed by atoms with Crippen LogP contribution in [0.15, 0.2) is 0 Å². The quantitative estimate of drug-likeness (QED) is 0.608. The first kappa shape index (κ1) is 11.0. The summed E-state index contributed by atoms with van der Waals surface area (Å²) in [6.07, 6.45) is 4.10. The van der Waals surface area contributed by atoms with Crippen LogP contribution >= 0.6 is 0 Å². The average Bonchev–Trinajstić information content (AvgIpc) is 2.87. The highest BCUT2D eigenvalue weighted by atomic mass is 15.1. The summed E-state index contributed by atoms with van der Waals surface area (Å²) in [6, 6.07) is 1.57. The molecule has 13 heavy (non-hydrogen) atoms. The zero-order chi connectivity index (χ0) is 9.68. The van der Waals surface area contributed by atoms with Gasteiger partial charge in [0.15, 0.2) is 0 Å². The van der Waals surface area contributed by atoms with E-state index in [2.05, 4.69) is 31.0 Å². The molecule has 1 rings (SSSR count). The lowest BCUT2D eigenvalue weighted by atomic mass is 10.3. The van der Waals surface area contributed by atoms with E-state index < -0.39 is 0 Å². The number of nitrogens with zero attached hydrogens (tertiary/aromatic N) is 1. The smallest absolute Gasteiger partial charge is 0.00682 e. The molecular formula is C11H24N2. The van der Waals surface area contributed by atoms with Gasteiger partial charge in [0.25, 0.3) is 0 Å². The maximum absolute atomic E-state index is 3.55. The van der Waals surface area contributed by atoms with Crippen LogP contribution in [-0.2, 0) is 0 Å². The van der Waals surface area contributed by atoms with Crippen molar-refractivity contribution in [3.8, 4) is 0 Å². The Morgan fingerprint density at radius 3 is 2.54 bits per heavy atom. The summed E-state index contributed by atoms with van der Waals surface area (Å²) in [7, 11) is 0. The number of hydrogen-bond acceptors (Lipinski definition) is 2. The lowest BCUT2D eigenvalue weighted by Gasteiger charge is -2.24. The zero-order valence-corrected chi connectivity index (χ0v) is 9.34. The molecule has 0 amide bonds. The Bertz CT molecular complexity index is 130. The Balaban J connectivity index is 1.94. The van der Waals surface area contributed by atoms with Crippen LogP contribution in [0.25, 0.3) is 0 Å². The maximum Gasteiger partial charge on any atom is 0.00682 e. The van der Waals surface area contributed by atoms with Crippen LogP contribution in [-0.4, -0.2) is 36.6 Å². The molecule has 0 heterocycles. The third kappa shape index (κ3) is 4.63. The Kier molecular flexibility index (Phi) is 4.74. The molecule has 1 aliphatic rings. The van der Waals surface area contributed by atoms with Gasteiger partial charge in [-0.1, -0.05) is 6.92 Å². The minimum atomic E-state index is 0.700. The van der Waals surface area contributed by atoms with Gasteiger partial charge in [-0.3, -0.25) is 0 Å². The van der Waals surface area contributed by atoms with Gasteiger partial charge in [0, 0.05) is 12.1 Å². The van der Waals surface area contributed by atoms with Crippen molar-refractivity contribution in [1.29, 1.82) is 0 Å². The van der Waals surface area contributed by atoms with Gasteiger partial charge in [-0.2, -0.15) is 0 Å². The first-order valence-corrected chi connectivity index (χ1v) is 5.71. The largest absolute Gasteiger partial charge is 0.314 e. The van der Waals surface area contributed by atoms with Crippen LogP contribution in [0.1, 0.15) is 40.0 Å². The molecule has 1 fully saturated rings. The monoisotopic (exact) mass is 184 g/mol.